The third-order valence-corrected chi connectivity index (χ3v) is 4.88. The van der Waals surface area contributed by atoms with Crippen molar-refractivity contribution in [3.63, 3.8) is 0 Å². The van der Waals surface area contributed by atoms with Crippen LogP contribution in [-0.4, -0.2) is 61.8 Å². The van der Waals surface area contributed by atoms with E-state index in [1.165, 1.54) is 25.8 Å². The summed E-state index contributed by atoms with van der Waals surface area (Å²) in [5.74, 6) is 1.13. The molecule has 2 aliphatic rings. The van der Waals surface area contributed by atoms with E-state index in [9.17, 15) is 0 Å². The number of ether oxygens (including phenoxy) is 1. The summed E-state index contributed by atoms with van der Waals surface area (Å²) in [4.78, 5) is 7.20. The molecule has 2 heterocycles. The molecule has 2 rings (SSSR count). The molecule has 0 aromatic carbocycles. The number of likely N-dealkylation sites (N-methyl/N-ethyl adjacent to an activating group) is 1. The molecule has 2 aliphatic heterocycles. The van der Waals surface area contributed by atoms with E-state index in [4.69, 9.17) is 9.73 Å². The van der Waals surface area contributed by atoms with Crippen LogP contribution in [0.4, 0.5) is 0 Å². The van der Waals surface area contributed by atoms with Gasteiger partial charge in [0.2, 0.25) is 0 Å². The van der Waals surface area contributed by atoms with Crippen molar-refractivity contribution in [1.82, 2.24) is 10.2 Å². The maximum atomic E-state index is 5.11. The highest BCUT2D eigenvalue weighted by molar-refractivity contribution is 8.14. The van der Waals surface area contributed by atoms with Gasteiger partial charge in [-0.15, -0.1) is 0 Å². The highest BCUT2D eigenvalue weighted by atomic mass is 32.2. The lowest BCUT2D eigenvalue weighted by Crippen LogP contribution is -2.38. The van der Waals surface area contributed by atoms with Crippen molar-refractivity contribution in [2.24, 2.45) is 4.99 Å². The molecule has 1 N–H and O–H groups in total. The molecule has 0 spiro atoms. The number of nitrogens with zero attached hydrogens (tertiary/aromatic N) is 2. The van der Waals surface area contributed by atoms with Crippen LogP contribution in [0.1, 0.15) is 25.7 Å². The van der Waals surface area contributed by atoms with Gasteiger partial charge in [-0.05, 0) is 32.9 Å². The zero-order valence-electron chi connectivity index (χ0n) is 11.5. The first-order chi connectivity index (χ1) is 8.79. The number of hydrogen-bond donors (Lipinski definition) is 1. The zero-order valence-corrected chi connectivity index (χ0v) is 12.3. The summed E-state index contributed by atoms with van der Waals surface area (Å²) >= 11 is 1.86. The molecule has 5 heteroatoms. The lowest BCUT2D eigenvalue weighted by molar-refractivity contribution is 0.188. The molecule has 104 valence electrons. The van der Waals surface area contributed by atoms with Crippen molar-refractivity contribution in [3.8, 4) is 0 Å². The fraction of sp³-hybridized carbons (Fsp3) is 0.923. The van der Waals surface area contributed by atoms with Gasteiger partial charge in [-0.1, -0.05) is 18.2 Å². The summed E-state index contributed by atoms with van der Waals surface area (Å²) in [6.07, 6.45) is 5.07. The Kier molecular flexibility index (Phi) is 5.79. The Bertz CT molecular complexity index is 285. The molecule has 2 atom stereocenters. The highest BCUT2D eigenvalue weighted by Gasteiger charge is 2.22. The van der Waals surface area contributed by atoms with Crippen molar-refractivity contribution in [2.45, 2.75) is 37.8 Å². The number of methoxy groups -OCH3 is 1. The fourth-order valence-electron chi connectivity index (χ4n) is 2.51. The molecule has 18 heavy (non-hydrogen) atoms. The van der Waals surface area contributed by atoms with E-state index in [2.05, 4.69) is 17.3 Å². The third kappa shape index (κ3) is 4.14. The van der Waals surface area contributed by atoms with Crippen LogP contribution in [0.15, 0.2) is 4.99 Å². The molecule has 0 aromatic heterocycles. The molecule has 0 bridgehead atoms. The second-order valence-corrected chi connectivity index (χ2v) is 6.22. The van der Waals surface area contributed by atoms with Gasteiger partial charge in [-0.2, -0.15) is 0 Å². The first-order valence-electron chi connectivity index (χ1n) is 6.92. The van der Waals surface area contributed by atoms with E-state index in [0.29, 0.717) is 12.1 Å². The average molecular weight is 271 g/mol. The first-order valence-corrected chi connectivity index (χ1v) is 7.91. The average Bonchev–Trinajstić information content (AvgIpc) is 2.83. The van der Waals surface area contributed by atoms with Crippen LogP contribution in [0.2, 0.25) is 0 Å². The Hall–Kier alpha value is -0.260. The molecule has 0 saturated carbocycles. The minimum Gasteiger partial charge on any atom is -0.385 e. The van der Waals surface area contributed by atoms with Gasteiger partial charge < -0.3 is 15.0 Å². The highest BCUT2D eigenvalue weighted by Crippen LogP contribution is 2.18. The summed E-state index contributed by atoms with van der Waals surface area (Å²) in [5.41, 5.74) is 0. The number of thioether (sulfide) groups is 1. The van der Waals surface area contributed by atoms with Crippen LogP contribution in [0.5, 0.6) is 0 Å². The van der Waals surface area contributed by atoms with E-state index >= 15 is 0 Å². The van der Waals surface area contributed by atoms with E-state index in [-0.39, 0.29) is 0 Å². The van der Waals surface area contributed by atoms with Crippen molar-refractivity contribution < 1.29 is 4.74 Å². The molecular formula is C13H25N3OS. The van der Waals surface area contributed by atoms with Crippen molar-refractivity contribution in [1.29, 1.82) is 0 Å². The van der Waals surface area contributed by atoms with Crippen LogP contribution in [0.25, 0.3) is 0 Å². The van der Waals surface area contributed by atoms with Gasteiger partial charge in [0.15, 0.2) is 5.17 Å². The minimum atomic E-state index is 0.540. The van der Waals surface area contributed by atoms with Gasteiger partial charge >= 0.3 is 0 Å². The Morgan fingerprint density at radius 3 is 3.17 bits per heavy atom. The quantitative estimate of drug-likeness (QED) is 0.823. The van der Waals surface area contributed by atoms with Crippen molar-refractivity contribution >= 4 is 16.9 Å². The normalized spacial score (nSPS) is 31.8. The summed E-state index contributed by atoms with van der Waals surface area (Å²) in [5, 5.41) is 4.63. The topological polar surface area (TPSA) is 36.9 Å². The molecule has 2 saturated heterocycles. The lowest BCUT2D eigenvalue weighted by atomic mass is 10.0. The maximum absolute atomic E-state index is 5.11. The Balaban J connectivity index is 1.73. The standard InChI is InChI=1S/C13H25N3OS/c1-16-7-4-3-5-12(16)9-14-13-15-11(10-18-13)6-8-17-2/h11-12H,3-10H2,1-2H3,(H,14,15). The summed E-state index contributed by atoms with van der Waals surface area (Å²) in [6, 6.07) is 1.18. The molecule has 0 aromatic rings. The SMILES string of the molecule is COCCC1CSC(=NCC2CCCCN2C)N1. The van der Waals surface area contributed by atoms with Crippen LogP contribution >= 0.6 is 11.8 Å². The fourth-order valence-corrected chi connectivity index (χ4v) is 3.53. The molecule has 0 amide bonds. The number of piperidine rings is 1. The second kappa shape index (κ2) is 7.36. The summed E-state index contributed by atoms with van der Waals surface area (Å²) in [6.45, 7) is 3.01. The monoisotopic (exact) mass is 271 g/mol. The number of aliphatic imine (C=N–C) groups is 1. The number of hydrogen-bond acceptors (Lipinski definition) is 4. The van der Waals surface area contributed by atoms with Gasteiger partial charge in [0.05, 0.1) is 6.54 Å². The van der Waals surface area contributed by atoms with Gasteiger partial charge in [-0.25, -0.2) is 0 Å². The summed E-state index contributed by atoms with van der Waals surface area (Å²) < 4.78 is 5.11. The number of rotatable bonds is 5. The maximum Gasteiger partial charge on any atom is 0.156 e. The molecular weight excluding hydrogens is 246 g/mol. The second-order valence-electron chi connectivity index (χ2n) is 5.21. The first kappa shape index (κ1) is 14.2. The van der Waals surface area contributed by atoms with E-state index in [1.807, 2.05) is 11.8 Å². The van der Waals surface area contributed by atoms with Crippen LogP contribution in [0.3, 0.4) is 0 Å². The molecule has 4 nitrogen and oxygen atoms in total. The zero-order chi connectivity index (χ0) is 12.8. The smallest absolute Gasteiger partial charge is 0.156 e. The minimum absolute atomic E-state index is 0.540. The predicted octanol–water partition coefficient (Wildman–Crippen LogP) is 1.57. The number of likely N-dealkylation sites (tertiary alicyclic amines) is 1. The molecule has 0 aliphatic carbocycles. The summed E-state index contributed by atoms with van der Waals surface area (Å²) in [7, 11) is 3.98. The molecule has 2 unspecified atom stereocenters. The van der Waals surface area contributed by atoms with Gasteiger partial charge in [0, 0.05) is 31.6 Å². The predicted molar refractivity (Wildman–Crippen MR) is 78.4 cm³/mol. The third-order valence-electron chi connectivity index (χ3n) is 3.79. The Labute approximate surface area is 115 Å². The van der Waals surface area contributed by atoms with Crippen LogP contribution in [0, 0.1) is 0 Å². The van der Waals surface area contributed by atoms with Gasteiger partial charge in [0.25, 0.3) is 0 Å². The number of nitrogens with one attached hydrogen (secondary N) is 1. The Morgan fingerprint density at radius 1 is 1.50 bits per heavy atom. The van der Waals surface area contributed by atoms with Crippen LogP contribution < -0.4 is 5.32 Å². The lowest BCUT2D eigenvalue weighted by Gasteiger charge is -2.31. The largest absolute Gasteiger partial charge is 0.385 e. The Morgan fingerprint density at radius 2 is 2.39 bits per heavy atom. The molecule has 2 fully saturated rings. The van der Waals surface area contributed by atoms with E-state index in [0.717, 1.165) is 30.5 Å². The van der Waals surface area contributed by atoms with E-state index in [1.54, 1.807) is 7.11 Å². The number of amidine groups is 1. The van der Waals surface area contributed by atoms with Crippen molar-refractivity contribution in [3.05, 3.63) is 0 Å². The van der Waals surface area contributed by atoms with E-state index < -0.39 is 0 Å². The van der Waals surface area contributed by atoms with Gasteiger partial charge in [0.1, 0.15) is 0 Å². The molecule has 0 radical (unpaired) electrons. The van der Waals surface area contributed by atoms with Crippen molar-refractivity contribution in [2.75, 3.05) is 39.6 Å². The van der Waals surface area contributed by atoms with Crippen LogP contribution in [-0.2, 0) is 4.74 Å². The van der Waals surface area contributed by atoms with Gasteiger partial charge in [-0.3, -0.25) is 4.99 Å².